The number of hydrogen-bond acceptors (Lipinski definition) is 1. The van der Waals surface area contributed by atoms with Crippen LogP contribution in [0.2, 0.25) is 0 Å². The molecule has 0 radical (unpaired) electrons. The maximum absolute atomic E-state index is 5.43. The molecule has 0 aliphatic heterocycles. The van der Waals surface area contributed by atoms with Crippen molar-refractivity contribution in [3.05, 3.63) is 12.7 Å². The van der Waals surface area contributed by atoms with Crippen LogP contribution in [0.15, 0.2) is 12.7 Å². The summed E-state index contributed by atoms with van der Waals surface area (Å²) in [6.07, 6.45) is 4.18. The molecule has 0 bridgehead atoms. The van der Waals surface area contributed by atoms with Crippen LogP contribution in [0.25, 0.3) is 0 Å². The molecule has 0 aromatic rings. The highest BCUT2D eigenvalue weighted by Crippen LogP contribution is 2.00. The second-order valence-corrected chi connectivity index (χ2v) is 3.60. The van der Waals surface area contributed by atoms with Crippen LogP contribution in [0, 0.1) is 0 Å². The fourth-order valence-electron chi connectivity index (χ4n) is 1.07. The third kappa shape index (κ3) is 6.07. The number of nitrogens with zero attached hydrogens (tertiary/aromatic N) is 1. The summed E-state index contributed by atoms with van der Waals surface area (Å²) >= 11 is 0. The summed E-state index contributed by atoms with van der Waals surface area (Å²) in [7, 11) is 4.47. The summed E-state index contributed by atoms with van der Waals surface area (Å²) in [5.41, 5.74) is 5.43. The maximum atomic E-state index is 5.43. The van der Waals surface area contributed by atoms with Crippen LogP contribution in [0.3, 0.4) is 0 Å². The van der Waals surface area contributed by atoms with Crippen molar-refractivity contribution >= 4 is 0 Å². The fraction of sp³-hybridized carbons (Fsp3) is 0.778. The van der Waals surface area contributed by atoms with Crippen molar-refractivity contribution in [3.63, 3.8) is 0 Å². The van der Waals surface area contributed by atoms with Gasteiger partial charge in [0.15, 0.2) is 0 Å². The second-order valence-electron chi connectivity index (χ2n) is 3.60. The smallest absolute Gasteiger partial charge is 0.0817 e. The topological polar surface area (TPSA) is 26.0 Å². The Bertz CT molecular complexity index is 108. The monoisotopic (exact) mass is 157 g/mol. The van der Waals surface area contributed by atoms with Crippen LogP contribution in [0.4, 0.5) is 0 Å². The van der Waals surface area contributed by atoms with E-state index in [9.17, 15) is 0 Å². The third-order valence-corrected chi connectivity index (χ3v) is 1.91. The molecule has 0 spiro atoms. The van der Waals surface area contributed by atoms with Gasteiger partial charge in [-0.15, -0.1) is 6.58 Å². The van der Waals surface area contributed by atoms with Gasteiger partial charge in [-0.25, -0.2) is 0 Å². The largest absolute Gasteiger partial charge is 0.330 e. The predicted octanol–water partition coefficient (Wildman–Crippen LogP) is 0.988. The summed E-state index contributed by atoms with van der Waals surface area (Å²) in [4.78, 5) is 0. The molecule has 0 aliphatic carbocycles. The van der Waals surface area contributed by atoms with Crippen LogP contribution in [-0.4, -0.2) is 38.2 Å². The van der Waals surface area contributed by atoms with E-state index in [2.05, 4.69) is 20.7 Å². The van der Waals surface area contributed by atoms with Crippen molar-refractivity contribution < 1.29 is 4.48 Å². The second kappa shape index (κ2) is 5.33. The summed E-state index contributed by atoms with van der Waals surface area (Å²) < 4.78 is 1.06. The Labute approximate surface area is 70.3 Å². The van der Waals surface area contributed by atoms with E-state index in [0.717, 1.165) is 23.9 Å². The molecule has 0 saturated carbocycles. The predicted molar refractivity (Wildman–Crippen MR) is 50.3 cm³/mol. The molecule has 0 aromatic heterocycles. The van der Waals surface area contributed by atoms with Gasteiger partial charge in [0.25, 0.3) is 0 Å². The zero-order valence-electron chi connectivity index (χ0n) is 7.84. The molecule has 2 N–H and O–H groups in total. The van der Waals surface area contributed by atoms with Crippen molar-refractivity contribution in [2.45, 2.75) is 12.8 Å². The van der Waals surface area contributed by atoms with Gasteiger partial charge in [-0.3, -0.25) is 0 Å². The molecule has 0 saturated heterocycles. The van der Waals surface area contributed by atoms with Gasteiger partial charge >= 0.3 is 0 Å². The summed E-state index contributed by atoms with van der Waals surface area (Å²) in [5.74, 6) is 0. The van der Waals surface area contributed by atoms with Gasteiger partial charge in [0.2, 0.25) is 0 Å². The highest BCUT2D eigenvalue weighted by atomic mass is 15.3. The standard InChI is InChI=1S/C9H21N2/c1-4-5-8-11(2,3)9-6-7-10/h4H,1,5-10H2,2-3H3/q+1. The van der Waals surface area contributed by atoms with Crippen molar-refractivity contribution in [2.75, 3.05) is 33.7 Å². The van der Waals surface area contributed by atoms with E-state index in [1.165, 1.54) is 13.1 Å². The van der Waals surface area contributed by atoms with Gasteiger partial charge in [0.05, 0.1) is 27.2 Å². The first-order valence-electron chi connectivity index (χ1n) is 4.25. The molecule has 0 heterocycles. The highest BCUT2D eigenvalue weighted by Gasteiger charge is 2.11. The average Bonchev–Trinajstić information content (AvgIpc) is 1.97. The van der Waals surface area contributed by atoms with Gasteiger partial charge < -0.3 is 10.2 Å². The molecule has 11 heavy (non-hydrogen) atoms. The lowest BCUT2D eigenvalue weighted by molar-refractivity contribution is -0.890. The Balaban J connectivity index is 3.51. The Morgan fingerprint density at radius 1 is 1.36 bits per heavy atom. The highest BCUT2D eigenvalue weighted by molar-refractivity contribution is 4.64. The lowest BCUT2D eigenvalue weighted by Crippen LogP contribution is -2.41. The minimum Gasteiger partial charge on any atom is -0.330 e. The Hall–Kier alpha value is -0.340. The zero-order valence-corrected chi connectivity index (χ0v) is 7.84. The molecule has 0 unspecified atom stereocenters. The van der Waals surface area contributed by atoms with E-state index in [4.69, 9.17) is 5.73 Å². The molecule has 0 aliphatic rings. The maximum Gasteiger partial charge on any atom is 0.0817 e. The molecule has 0 rings (SSSR count). The van der Waals surface area contributed by atoms with Crippen LogP contribution in [0.5, 0.6) is 0 Å². The molecule has 0 atom stereocenters. The third-order valence-electron chi connectivity index (χ3n) is 1.91. The van der Waals surface area contributed by atoms with E-state index in [0.29, 0.717) is 0 Å². The van der Waals surface area contributed by atoms with E-state index in [-0.39, 0.29) is 0 Å². The van der Waals surface area contributed by atoms with E-state index >= 15 is 0 Å². The summed E-state index contributed by atoms with van der Waals surface area (Å²) in [6.45, 7) is 6.85. The molecule has 2 heteroatoms. The lowest BCUT2D eigenvalue weighted by atomic mass is 10.3. The van der Waals surface area contributed by atoms with Gasteiger partial charge in [-0.1, -0.05) is 6.08 Å². The minimum absolute atomic E-state index is 0.801. The van der Waals surface area contributed by atoms with E-state index in [1.54, 1.807) is 0 Å². The molecule has 0 fully saturated rings. The molecule has 2 nitrogen and oxygen atoms in total. The number of nitrogens with two attached hydrogens (primary N) is 1. The van der Waals surface area contributed by atoms with Gasteiger partial charge in [0, 0.05) is 12.8 Å². The van der Waals surface area contributed by atoms with E-state index < -0.39 is 0 Å². The Morgan fingerprint density at radius 3 is 2.45 bits per heavy atom. The van der Waals surface area contributed by atoms with Crippen molar-refractivity contribution in [1.29, 1.82) is 0 Å². The Kier molecular flexibility index (Phi) is 5.16. The summed E-state index contributed by atoms with van der Waals surface area (Å²) in [5, 5.41) is 0. The van der Waals surface area contributed by atoms with Crippen LogP contribution in [0.1, 0.15) is 12.8 Å². The first-order valence-corrected chi connectivity index (χ1v) is 4.25. The molecule has 66 valence electrons. The average molecular weight is 157 g/mol. The molecule has 0 aromatic carbocycles. The van der Waals surface area contributed by atoms with Gasteiger partial charge in [-0.05, 0) is 6.54 Å². The quantitative estimate of drug-likeness (QED) is 0.451. The number of rotatable bonds is 6. The first-order chi connectivity index (χ1) is 5.12. The number of quaternary nitrogens is 1. The van der Waals surface area contributed by atoms with Gasteiger partial charge in [-0.2, -0.15) is 0 Å². The number of hydrogen-bond donors (Lipinski definition) is 1. The lowest BCUT2D eigenvalue weighted by Gasteiger charge is -2.29. The van der Waals surface area contributed by atoms with Gasteiger partial charge in [0.1, 0.15) is 0 Å². The molecular weight excluding hydrogens is 136 g/mol. The van der Waals surface area contributed by atoms with Crippen molar-refractivity contribution in [1.82, 2.24) is 0 Å². The summed E-state index contributed by atoms with van der Waals surface area (Å²) in [6, 6.07) is 0. The molecular formula is C9H21N2+. The zero-order chi connectivity index (χ0) is 8.74. The molecule has 0 amide bonds. The SMILES string of the molecule is C=CCC[N+](C)(C)CCCN. The minimum atomic E-state index is 0.801. The van der Waals surface area contributed by atoms with Crippen molar-refractivity contribution in [3.8, 4) is 0 Å². The normalized spacial score (nSPS) is 11.5. The van der Waals surface area contributed by atoms with Crippen LogP contribution in [-0.2, 0) is 0 Å². The Morgan fingerprint density at radius 2 is 2.00 bits per heavy atom. The van der Waals surface area contributed by atoms with Crippen LogP contribution >= 0.6 is 0 Å². The van der Waals surface area contributed by atoms with E-state index in [1.807, 2.05) is 6.08 Å². The first kappa shape index (κ1) is 10.7. The fourth-order valence-corrected chi connectivity index (χ4v) is 1.07. The van der Waals surface area contributed by atoms with Crippen molar-refractivity contribution in [2.24, 2.45) is 5.73 Å². The van der Waals surface area contributed by atoms with Crippen LogP contribution < -0.4 is 5.73 Å².